The van der Waals surface area contributed by atoms with Crippen LogP contribution in [-0.4, -0.2) is 54.9 Å². The number of rotatable bonds is 8. The van der Waals surface area contributed by atoms with Crippen LogP contribution in [0, 0.1) is 0 Å². The first-order valence-electron chi connectivity index (χ1n) is 11.9. The van der Waals surface area contributed by atoms with Crippen molar-refractivity contribution in [3.63, 3.8) is 0 Å². The predicted molar refractivity (Wildman–Crippen MR) is 139 cm³/mol. The van der Waals surface area contributed by atoms with Crippen molar-refractivity contribution in [2.24, 2.45) is 0 Å². The Kier molecular flexibility index (Phi) is 7.74. The van der Waals surface area contributed by atoms with Gasteiger partial charge in [-0.25, -0.2) is 4.79 Å². The summed E-state index contributed by atoms with van der Waals surface area (Å²) < 4.78 is 14.3. The monoisotopic (exact) mass is 511 g/mol. The van der Waals surface area contributed by atoms with Crippen LogP contribution in [0.2, 0.25) is 5.04 Å². The molecule has 1 aliphatic rings. The van der Waals surface area contributed by atoms with Crippen molar-refractivity contribution in [2.75, 3.05) is 13.7 Å². The number of H-pyrrole nitrogens is 1. The van der Waals surface area contributed by atoms with Crippen LogP contribution in [0.1, 0.15) is 27.0 Å². The average Bonchev–Trinajstić information content (AvgIpc) is 3.15. The number of aliphatic hydroxyl groups is 1. The van der Waals surface area contributed by atoms with Gasteiger partial charge in [-0.1, -0.05) is 81.4 Å². The number of benzene rings is 2. The molecule has 0 bridgehead atoms. The molecule has 0 radical (unpaired) electrons. The molecule has 1 aromatic heterocycles. The molecule has 4 atom stereocenters. The molecule has 0 amide bonds. The Balaban J connectivity index is 1.70. The van der Waals surface area contributed by atoms with Crippen LogP contribution in [0.3, 0.4) is 0 Å². The molecule has 1 fully saturated rings. The van der Waals surface area contributed by atoms with Gasteiger partial charge in [0.15, 0.2) is 6.23 Å². The lowest BCUT2D eigenvalue weighted by Crippen LogP contribution is -2.67. The number of ether oxygens (including phenoxy) is 1. The highest BCUT2D eigenvalue weighted by atomic mass is 28.4. The fourth-order valence-corrected chi connectivity index (χ4v) is 9.55. The second-order valence-electron chi connectivity index (χ2n) is 9.90. The van der Waals surface area contributed by atoms with Gasteiger partial charge in [0.05, 0.1) is 13.7 Å². The fourth-order valence-electron chi connectivity index (χ4n) is 4.98. The first-order chi connectivity index (χ1) is 17.2. The maximum Gasteiger partial charge on any atom is 0.330 e. The lowest BCUT2D eigenvalue weighted by atomic mass is 10.1. The van der Waals surface area contributed by atoms with Gasteiger partial charge in [-0.3, -0.25) is 14.3 Å². The zero-order chi connectivity index (χ0) is 25.9. The molecule has 4 rings (SSSR count). The number of aliphatic hydroxyl groups excluding tert-OH is 1. The third kappa shape index (κ3) is 4.88. The number of hydrogen-bond donors (Lipinski definition) is 3. The summed E-state index contributed by atoms with van der Waals surface area (Å²) in [6.45, 7) is 6.60. The van der Waals surface area contributed by atoms with E-state index in [-0.39, 0.29) is 11.6 Å². The van der Waals surface area contributed by atoms with Crippen molar-refractivity contribution >= 4 is 18.7 Å². The largest absolute Gasteiger partial charge is 0.405 e. The van der Waals surface area contributed by atoms with E-state index in [2.05, 4.69) is 55.5 Å². The first kappa shape index (κ1) is 26.2. The maximum atomic E-state index is 12.5. The molecule has 1 aliphatic heterocycles. The minimum atomic E-state index is -2.87. The topological polar surface area (TPSA) is 115 Å². The highest BCUT2D eigenvalue weighted by Gasteiger charge is 2.52. The van der Waals surface area contributed by atoms with Gasteiger partial charge in [-0.2, -0.15) is 5.48 Å². The van der Waals surface area contributed by atoms with Crippen molar-refractivity contribution in [1.82, 2.24) is 15.0 Å². The minimum Gasteiger partial charge on any atom is -0.405 e. The molecule has 192 valence electrons. The summed E-state index contributed by atoms with van der Waals surface area (Å²) in [5.74, 6) is 0. The molecule has 0 saturated carbocycles. The van der Waals surface area contributed by atoms with E-state index < -0.39 is 44.0 Å². The van der Waals surface area contributed by atoms with Crippen molar-refractivity contribution in [3.05, 3.63) is 93.8 Å². The van der Waals surface area contributed by atoms with Gasteiger partial charge < -0.3 is 19.1 Å². The lowest BCUT2D eigenvalue weighted by Gasteiger charge is -2.43. The SMILES string of the molecule is CON[C@@H]1[C@H](O)[C@@H](CO[Si](c2ccccc2)(c2ccccc2)C(C)(C)C)O[C@H]1n1ccc(=O)[nH]c1=O. The number of aromatic nitrogens is 2. The second kappa shape index (κ2) is 10.6. The molecule has 3 aromatic rings. The van der Waals surface area contributed by atoms with E-state index in [1.807, 2.05) is 36.4 Å². The van der Waals surface area contributed by atoms with Gasteiger partial charge in [0.25, 0.3) is 13.9 Å². The zero-order valence-corrected chi connectivity index (χ0v) is 21.9. The summed E-state index contributed by atoms with van der Waals surface area (Å²) in [5.41, 5.74) is 1.58. The highest BCUT2D eigenvalue weighted by molar-refractivity contribution is 6.99. The standard InChI is InChI=1S/C26H33N3O6Si/c1-26(2,3)36(18-11-7-5-8-12-18,19-13-9-6-10-14-19)34-17-20-23(31)22(28-33-4)24(35-20)29-16-15-21(30)27-25(29)32/h5-16,20,22-24,28,31H,17H2,1-4H3,(H,27,30,32)/t20-,22-,23-,24-/m1/s1. The molecule has 3 N–H and O–H groups in total. The Morgan fingerprint density at radius 1 is 1.03 bits per heavy atom. The number of hydrogen-bond acceptors (Lipinski definition) is 7. The summed E-state index contributed by atoms with van der Waals surface area (Å²) in [5, 5.41) is 13.1. The number of hydroxylamine groups is 1. The Labute approximate surface area is 210 Å². The summed E-state index contributed by atoms with van der Waals surface area (Å²) in [6, 6.07) is 20.8. The zero-order valence-electron chi connectivity index (χ0n) is 20.9. The average molecular weight is 512 g/mol. The summed E-state index contributed by atoms with van der Waals surface area (Å²) in [7, 11) is -1.44. The molecule has 0 spiro atoms. The van der Waals surface area contributed by atoms with Crippen molar-refractivity contribution in [3.8, 4) is 0 Å². The van der Waals surface area contributed by atoms with Crippen LogP contribution >= 0.6 is 0 Å². The summed E-state index contributed by atoms with van der Waals surface area (Å²) >= 11 is 0. The lowest BCUT2D eigenvalue weighted by molar-refractivity contribution is -0.0499. The van der Waals surface area contributed by atoms with Crippen LogP contribution in [0.15, 0.2) is 82.5 Å². The van der Waals surface area contributed by atoms with Gasteiger partial charge in [0.1, 0.15) is 18.2 Å². The van der Waals surface area contributed by atoms with Gasteiger partial charge in [-0.05, 0) is 15.4 Å². The van der Waals surface area contributed by atoms with Crippen LogP contribution in [0.5, 0.6) is 0 Å². The fraction of sp³-hybridized carbons (Fsp3) is 0.385. The van der Waals surface area contributed by atoms with Crippen molar-refractivity contribution in [1.29, 1.82) is 0 Å². The van der Waals surface area contributed by atoms with Gasteiger partial charge in [-0.15, -0.1) is 0 Å². The van der Waals surface area contributed by atoms with E-state index in [0.29, 0.717) is 0 Å². The van der Waals surface area contributed by atoms with E-state index in [1.165, 1.54) is 23.9 Å². The molecular formula is C26H33N3O6Si. The second-order valence-corrected chi connectivity index (χ2v) is 14.2. The molecule has 2 heterocycles. The van der Waals surface area contributed by atoms with Gasteiger partial charge >= 0.3 is 5.69 Å². The van der Waals surface area contributed by atoms with Gasteiger partial charge in [0.2, 0.25) is 0 Å². The molecule has 10 heteroatoms. The Hall–Kier alpha value is -2.86. The van der Waals surface area contributed by atoms with Crippen molar-refractivity contribution in [2.45, 2.75) is 50.3 Å². The van der Waals surface area contributed by atoms with Crippen LogP contribution < -0.4 is 27.1 Å². The van der Waals surface area contributed by atoms with E-state index >= 15 is 0 Å². The minimum absolute atomic E-state index is 0.0882. The molecule has 36 heavy (non-hydrogen) atoms. The Bertz CT molecular complexity index is 1220. The number of nitrogens with zero attached hydrogens (tertiary/aromatic N) is 1. The molecule has 1 saturated heterocycles. The quantitative estimate of drug-likeness (QED) is 0.304. The number of aromatic amines is 1. The normalized spacial score (nSPS) is 22.6. The summed E-state index contributed by atoms with van der Waals surface area (Å²) in [6.07, 6.45) is -1.39. The molecule has 2 aromatic carbocycles. The summed E-state index contributed by atoms with van der Waals surface area (Å²) in [4.78, 5) is 31.3. The predicted octanol–water partition coefficient (Wildman–Crippen LogP) is 0.891. The van der Waals surface area contributed by atoms with Crippen LogP contribution in [-0.2, 0) is 14.0 Å². The van der Waals surface area contributed by atoms with E-state index in [0.717, 1.165) is 10.4 Å². The van der Waals surface area contributed by atoms with Crippen LogP contribution in [0.4, 0.5) is 0 Å². The van der Waals surface area contributed by atoms with Crippen LogP contribution in [0.25, 0.3) is 0 Å². The first-order valence-corrected chi connectivity index (χ1v) is 13.8. The van der Waals surface area contributed by atoms with Crippen molar-refractivity contribution < 1.29 is 19.1 Å². The molecule has 9 nitrogen and oxygen atoms in total. The molecule has 0 aliphatic carbocycles. The Morgan fingerprint density at radius 2 is 1.61 bits per heavy atom. The maximum absolute atomic E-state index is 12.5. The molecule has 0 unspecified atom stereocenters. The van der Waals surface area contributed by atoms with Gasteiger partial charge in [0, 0.05) is 12.3 Å². The van der Waals surface area contributed by atoms with E-state index in [1.54, 1.807) is 0 Å². The third-order valence-corrected chi connectivity index (χ3v) is 11.6. The smallest absolute Gasteiger partial charge is 0.330 e. The third-order valence-electron chi connectivity index (χ3n) is 6.63. The number of nitrogens with one attached hydrogen (secondary N) is 2. The Morgan fingerprint density at radius 3 is 2.11 bits per heavy atom. The molecular weight excluding hydrogens is 478 g/mol. The van der Waals surface area contributed by atoms with E-state index in [9.17, 15) is 14.7 Å². The van der Waals surface area contributed by atoms with E-state index in [4.69, 9.17) is 14.0 Å². The highest BCUT2D eigenvalue weighted by Crippen LogP contribution is 2.38.